The fourth-order valence-corrected chi connectivity index (χ4v) is 2.27. The molecule has 1 fully saturated rings. The van der Waals surface area contributed by atoms with Crippen LogP contribution in [0.4, 0.5) is 0 Å². The molecule has 72 valence electrons. The molecule has 0 spiro atoms. The number of allylic oxidation sites excluding steroid dienone is 2. The van der Waals surface area contributed by atoms with Crippen LogP contribution in [0.5, 0.6) is 0 Å². The molecule has 0 heterocycles. The highest BCUT2D eigenvalue weighted by Crippen LogP contribution is 2.40. The van der Waals surface area contributed by atoms with Crippen LogP contribution in [-0.4, -0.2) is 5.78 Å². The van der Waals surface area contributed by atoms with Crippen molar-refractivity contribution in [3.63, 3.8) is 0 Å². The van der Waals surface area contributed by atoms with Crippen LogP contribution >= 0.6 is 0 Å². The number of ketones is 1. The van der Waals surface area contributed by atoms with Gasteiger partial charge in [-0.2, -0.15) is 0 Å². The van der Waals surface area contributed by atoms with Crippen molar-refractivity contribution in [1.82, 2.24) is 0 Å². The Morgan fingerprint density at radius 3 is 2.31 bits per heavy atom. The van der Waals surface area contributed by atoms with Gasteiger partial charge in [-0.1, -0.05) is 31.9 Å². The molecule has 0 aromatic rings. The summed E-state index contributed by atoms with van der Waals surface area (Å²) in [4.78, 5) is 11.7. The minimum absolute atomic E-state index is 0.137. The van der Waals surface area contributed by atoms with Crippen molar-refractivity contribution in [3.05, 3.63) is 25.3 Å². The molecular weight excluding hydrogens is 160 g/mol. The molecule has 0 aromatic carbocycles. The molecular formula is C12H18O. The van der Waals surface area contributed by atoms with E-state index < -0.39 is 0 Å². The quantitative estimate of drug-likeness (QED) is 0.477. The summed E-state index contributed by atoms with van der Waals surface area (Å²) < 4.78 is 0. The summed E-state index contributed by atoms with van der Waals surface area (Å²) in [6, 6.07) is 0. The van der Waals surface area contributed by atoms with Crippen molar-refractivity contribution in [2.24, 2.45) is 5.41 Å². The molecule has 0 aromatic heterocycles. The summed E-state index contributed by atoms with van der Waals surface area (Å²) in [6.07, 6.45) is 9.82. The van der Waals surface area contributed by atoms with Crippen molar-refractivity contribution in [2.75, 3.05) is 0 Å². The van der Waals surface area contributed by atoms with Crippen LogP contribution < -0.4 is 0 Å². The smallest absolute Gasteiger partial charge is 0.161 e. The zero-order chi connectivity index (χ0) is 9.73. The first kappa shape index (κ1) is 10.2. The van der Waals surface area contributed by atoms with Crippen molar-refractivity contribution in [2.45, 2.75) is 38.5 Å². The normalized spacial score (nSPS) is 20.6. The summed E-state index contributed by atoms with van der Waals surface area (Å²) in [7, 11) is 0. The van der Waals surface area contributed by atoms with Gasteiger partial charge >= 0.3 is 0 Å². The molecule has 1 saturated carbocycles. The zero-order valence-electron chi connectivity index (χ0n) is 8.22. The van der Waals surface area contributed by atoms with Crippen LogP contribution in [0.15, 0.2) is 25.3 Å². The van der Waals surface area contributed by atoms with Gasteiger partial charge in [-0.15, -0.1) is 6.58 Å². The van der Waals surface area contributed by atoms with Gasteiger partial charge in [0.1, 0.15) is 0 Å². The summed E-state index contributed by atoms with van der Waals surface area (Å²) in [5, 5.41) is 0. The highest BCUT2D eigenvalue weighted by Gasteiger charge is 2.35. The first-order valence-corrected chi connectivity index (χ1v) is 5.03. The number of hydrogen-bond acceptors (Lipinski definition) is 1. The Morgan fingerprint density at radius 2 is 1.85 bits per heavy atom. The van der Waals surface area contributed by atoms with Gasteiger partial charge in [-0.25, -0.2) is 0 Å². The molecule has 0 bridgehead atoms. The topological polar surface area (TPSA) is 17.1 Å². The van der Waals surface area contributed by atoms with Gasteiger partial charge in [0, 0.05) is 5.41 Å². The van der Waals surface area contributed by atoms with E-state index >= 15 is 0 Å². The standard InChI is InChI=1S/C12H18O/c1-3-8-12(11(13)4-2)9-6-5-7-10-12/h3-4H,1-2,5-10H2. The highest BCUT2D eigenvalue weighted by atomic mass is 16.1. The lowest BCUT2D eigenvalue weighted by atomic mass is 9.69. The van der Waals surface area contributed by atoms with Gasteiger partial charge in [-0.05, 0) is 25.3 Å². The Balaban J connectivity index is 2.77. The van der Waals surface area contributed by atoms with E-state index in [2.05, 4.69) is 13.2 Å². The molecule has 0 radical (unpaired) electrons. The van der Waals surface area contributed by atoms with Crippen LogP contribution in [-0.2, 0) is 4.79 Å². The third-order valence-corrected chi connectivity index (χ3v) is 3.05. The van der Waals surface area contributed by atoms with Gasteiger partial charge in [0.25, 0.3) is 0 Å². The van der Waals surface area contributed by atoms with Crippen molar-refractivity contribution in [3.8, 4) is 0 Å². The molecule has 13 heavy (non-hydrogen) atoms. The minimum Gasteiger partial charge on any atom is -0.294 e. The summed E-state index contributed by atoms with van der Waals surface area (Å²) in [5.74, 6) is 0.215. The summed E-state index contributed by atoms with van der Waals surface area (Å²) in [6.45, 7) is 7.31. The van der Waals surface area contributed by atoms with Gasteiger partial charge < -0.3 is 0 Å². The van der Waals surface area contributed by atoms with Crippen LogP contribution in [0.1, 0.15) is 38.5 Å². The molecule has 0 N–H and O–H groups in total. The molecule has 0 aliphatic heterocycles. The lowest BCUT2D eigenvalue weighted by Gasteiger charge is -2.34. The van der Waals surface area contributed by atoms with E-state index in [1.54, 1.807) is 0 Å². The predicted octanol–water partition coefficient (Wildman–Crippen LogP) is 3.27. The first-order valence-electron chi connectivity index (χ1n) is 5.03. The number of carbonyl (C=O) groups excluding carboxylic acids is 1. The van der Waals surface area contributed by atoms with E-state index in [0.29, 0.717) is 0 Å². The molecule has 1 heteroatoms. The number of rotatable bonds is 4. The van der Waals surface area contributed by atoms with Crippen molar-refractivity contribution < 1.29 is 4.79 Å². The highest BCUT2D eigenvalue weighted by molar-refractivity contribution is 5.94. The van der Waals surface area contributed by atoms with Crippen molar-refractivity contribution in [1.29, 1.82) is 0 Å². The van der Waals surface area contributed by atoms with E-state index in [1.165, 1.54) is 25.3 Å². The molecule has 0 unspecified atom stereocenters. The van der Waals surface area contributed by atoms with Gasteiger partial charge in [0.05, 0.1) is 0 Å². The Morgan fingerprint density at radius 1 is 1.23 bits per heavy atom. The summed E-state index contributed by atoms with van der Waals surface area (Å²) in [5.41, 5.74) is -0.137. The Bertz CT molecular complexity index is 209. The van der Waals surface area contributed by atoms with E-state index in [4.69, 9.17) is 0 Å². The summed E-state index contributed by atoms with van der Waals surface area (Å²) >= 11 is 0. The van der Waals surface area contributed by atoms with Crippen molar-refractivity contribution >= 4 is 5.78 Å². The van der Waals surface area contributed by atoms with Crippen LogP contribution in [0.3, 0.4) is 0 Å². The third kappa shape index (κ3) is 2.09. The maximum atomic E-state index is 11.7. The molecule has 1 aliphatic rings. The second-order valence-corrected chi connectivity index (χ2v) is 3.90. The van der Waals surface area contributed by atoms with E-state index in [0.717, 1.165) is 19.3 Å². The van der Waals surface area contributed by atoms with Crippen LogP contribution in [0.2, 0.25) is 0 Å². The number of carbonyl (C=O) groups is 1. The number of hydrogen-bond donors (Lipinski definition) is 0. The average Bonchev–Trinajstić information content (AvgIpc) is 2.18. The van der Waals surface area contributed by atoms with E-state index in [1.807, 2.05) is 6.08 Å². The molecule has 0 saturated heterocycles. The lowest BCUT2D eigenvalue weighted by molar-refractivity contribution is -0.125. The monoisotopic (exact) mass is 178 g/mol. The van der Waals surface area contributed by atoms with Crippen LogP contribution in [0.25, 0.3) is 0 Å². The third-order valence-electron chi connectivity index (χ3n) is 3.05. The first-order chi connectivity index (χ1) is 6.25. The van der Waals surface area contributed by atoms with Crippen LogP contribution in [0, 0.1) is 5.41 Å². The Hall–Kier alpha value is -0.850. The Kier molecular flexibility index (Phi) is 3.47. The fourth-order valence-electron chi connectivity index (χ4n) is 2.27. The van der Waals surface area contributed by atoms with Gasteiger partial charge in [0.15, 0.2) is 5.78 Å². The molecule has 0 atom stereocenters. The Labute approximate surface area is 80.5 Å². The molecule has 1 rings (SSSR count). The second kappa shape index (κ2) is 4.40. The van der Waals surface area contributed by atoms with Gasteiger partial charge in [-0.3, -0.25) is 4.79 Å². The fraction of sp³-hybridized carbons (Fsp3) is 0.583. The lowest BCUT2D eigenvalue weighted by Crippen LogP contribution is -2.31. The molecule has 1 nitrogen and oxygen atoms in total. The van der Waals surface area contributed by atoms with E-state index in [9.17, 15) is 4.79 Å². The molecule has 1 aliphatic carbocycles. The largest absolute Gasteiger partial charge is 0.294 e. The second-order valence-electron chi connectivity index (χ2n) is 3.90. The maximum absolute atomic E-state index is 11.7. The van der Waals surface area contributed by atoms with E-state index in [-0.39, 0.29) is 11.2 Å². The minimum atomic E-state index is -0.137. The molecule has 0 amide bonds. The average molecular weight is 178 g/mol. The predicted molar refractivity (Wildman–Crippen MR) is 55.5 cm³/mol. The SMILES string of the molecule is C=CCC1(C(=O)C=C)CCCCC1. The maximum Gasteiger partial charge on any atom is 0.161 e. The van der Waals surface area contributed by atoms with Gasteiger partial charge in [0.2, 0.25) is 0 Å². The zero-order valence-corrected chi connectivity index (χ0v) is 8.22.